The highest BCUT2D eigenvalue weighted by atomic mass is 16.4. The quantitative estimate of drug-likeness (QED) is 0.710. The Morgan fingerprint density at radius 2 is 1.81 bits per heavy atom. The van der Waals surface area contributed by atoms with Gasteiger partial charge < -0.3 is 15.4 Å². The second-order valence-corrected chi connectivity index (χ2v) is 6.12. The van der Waals surface area contributed by atoms with Crippen LogP contribution in [0.5, 0.6) is 0 Å². The van der Waals surface area contributed by atoms with Crippen LogP contribution in [-0.4, -0.2) is 20.6 Å². The van der Waals surface area contributed by atoms with Crippen LogP contribution in [0.4, 0.5) is 5.82 Å². The van der Waals surface area contributed by atoms with Crippen LogP contribution in [-0.2, 0) is 24.2 Å². The van der Waals surface area contributed by atoms with Gasteiger partial charge in [0.05, 0.1) is 13.0 Å². The molecular formula is C20H19N3O3. The Hall–Kier alpha value is -3.41. The summed E-state index contributed by atoms with van der Waals surface area (Å²) in [4.78, 5) is 26.8. The predicted molar refractivity (Wildman–Crippen MR) is 99.0 cm³/mol. The molecule has 6 heteroatoms. The van der Waals surface area contributed by atoms with E-state index in [1.165, 1.54) is 6.07 Å². The van der Waals surface area contributed by atoms with Crippen LogP contribution < -0.4 is 11.3 Å². The first kappa shape index (κ1) is 17.4. The van der Waals surface area contributed by atoms with Gasteiger partial charge in [-0.3, -0.25) is 9.59 Å². The molecule has 0 radical (unpaired) electrons. The summed E-state index contributed by atoms with van der Waals surface area (Å²) in [6.45, 7) is 0.520. The van der Waals surface area contributed by atoms with Gasteiger partial charge in [-0.15, -0.1) is 0 Å². The highest BCUT2D eigenvalue weighted by Crippen LogP contribution is 2.16. The van der Waals surface area contributed by atoms with Crippen LogP contribution >= 0.6 is 0 Å². The average molecular weight is 349 g/mol. The van der Waals surface area contributed by atoms with Crippen molar-refractivity contribution in [2.24, 2.45) is 0 Å². The number of rotatable bonds is 6. The van der Waals surface area contributed by atoms with Crippen LogP contribution in [0.15, 0.2) is 65.7 Å². The lowest BCUT2D eigenvalue weighted by Crippen LogP contribution is -2.18. The Morgan fingerprint density at radius 1 is 1.08 bits per heavy atom. The summed E-state index contributed by atoms with van der Waals surface area (Å²) in [5.41, 5.74) is 9.23. The highest BCUT2D eigenvalue weighted by molar-refractivity contribution is 5.72. The van der Waals surface area contributed by atoms with Gasteiger partial charge in [0.15, 0.2) is 0 Å². The number of carboxylic acids is 1. The number of aromatic nitrogens is 2. The first-order chi connectivity index (χ1) is 12.5. The van der Waals surface area contributed by atoms with E-state index in [0.717, 1.165) is 16.7 Å². The minimum atomic E-state index is -0.934. The van der Waals surface area contributed by atoms with Crippen molar-refractivity contribution in [3.8, 4) is 0 Å². The van der Waals surface area contributed by atoms with Gasteiger partial charge in [0.2, 0.25) is 0 Å². The van der Waals surface area contributed by atoms with Crippen LogP contribution in [0.2, 0.25) is 0 Å². The van der Waals surface area contributed by atoms with E-state index in [1.807, 2.05) is 30.3 Å². The second-order valence-electron chi connectivity index (χ2n) is 6.12. The molecule has 0 unspecified atom stereocenters. The van der Waals surface area contributed by atoms with E-state index in [1.54, 1.807) is 29.1 Å². The molecule has 0 amide bonds. The van der Waals surface area contributed by atoms with Crippen molar-refractivity contribution >= 4 is 11.8 Å². The van der Waals surface area contributed by atoms with Gasteiger partial charge in [0.25, 0.3) is 5.56 Å². The number of hydrogen-bond donors (Lipinski definition) is 2. The minimum Gasteiger partial charge on any atom is -0.481 e. The van der Waals surface area contributed by atoms with E-state index in [4.69, 9.17) is 10.8 Å². The predicted octanol–water partition coefficient (Wildman–Crippen LogP) is 2.09. The van der Waals surface area contributed by atoms with Gasteiger partial charge in [0.1, 0.15) is 5.82 Å². The normalized spacial score (nSPS) is 10.6. The number of anilines is 1. The Bertz CT molecular complexity index is 978. The fraction of sp³-hybridized carbons (Fsp3) is 0.150. The molecule has 0 bridgehead atoms. The van der Waals surface area contributed by atoms with Crippen LogP contribution in [0.25, 0.3) is 0 Å². The number of nitrogen functional groups attached to an aromatic ring is 1. The zero-order valence-electron chi connectivity index (χ0n) is 14.1. The molecule has 132 valence electrons. The lowest BCUT2D eigenvalue weighted by molar-refractivity contribution is -0.136. The van der Waals surface area contributed by atoms with Crippen molar-refractivity contribution in [1.82, 2.24) is 9.55 Å². The van der Waals surface area contributed by atoms with E-state index in [0.29, 0.717) is 18.5 Å². The Balaban J connectivity index is 1.72. The molecular weight excluding hydrogens is 330 g/mol. The monoisotopic (exact) mass is 349 g/mol. The number of benzene rings is 1. The molecule has 0 fully saturated rings. The summed E-state index contributed by atoms with van der Waals surface area (Å²) in [5, 5.41) is 8.94. The third kappa shape index (κ3) is 4.36. The van der Waals surface area contributed by atoms with Gasteiger partial charge in [-0.2, -0.15) is 0 Å². The van der Waals surface area contributed by atoms with E-state index in [-0.39, 0.29) is 17.8 Å². The summed E-state index contributed by atoms with van der Waals surface area (Å²) in [6.07, 6.45) is 3.92. The number of pyridine rings is 2. The summed E-state index contributed by atoms with van der Waals surface area (Å²) < 4.78 is 1.65. The standard InChI is InChI=1S/C20H19N3O3/c21-20-17(11-19(25)26)10-16(12-22-20)9-14-4-6-15(7-5-14)13-23-8-2-1-3-18(23)24/h1-8,10,12H,9,11,13H2,(H2,21,22)(H,25,26). The maximum absolute atomic E-state index is 11.8. The van der Waals surface area contributed by atoms with Crippen LogP contribution in [0, 0.1) is 0 Å². The van der Waals surface area contributed by atoms with Crippen molar-refractivity contribution in [2.75, 3.05) is 5.73 Å². The van der Waals surface area contributed by atoms with Crippen LogP contribution in [0.3, 0.4) is 0 Å². The fourth-order valence-corrected chi connectivity index (χ4v) is 2.76. The molecule has 26 heavy (non-hydrogen) atoms. The molecule has 0 saturated heterocycles. The van der Waals surface area contributed by atoms with E-state index in [9.17, 15) is 9.59 Å². The van der Waals surface area contributed by atoms with E-state index in [2.05, 4.69) is 4.98 Å². The molecule has 1 aromatic carbocycles. The van der Waals surface area contributed by atoms with Crippen molar-refractivity contribution in [3.63, 3.8) is 0 Å². The Labute approximate surface area is 150 Å². The minimum absolute atomic E-state index is 0.0320. The average Bonchev–Trinajstić information content (AvgIpc) is 2.61. The zero-order chi connectivity index (χ0) is 18.5. The number of aliphatic carboxylic acids is 1. The SMILES string of the molecule is Nc1ncc(Cc2ccc(Cn3ccccc3=O)cc2)cc1CC(=O)O. The fourth-order valence-electron chi connectivity index (χ4n) is 2.76. The number of carbonyl (C=O) groups is 1. The van der Waals surface area contributed by atoms with Gasteiger partial charge in [-0.25, -0.2) is 4.98 Å². The van der Waals surface area contributed by atoms with Gasteiger partial charge in [-0.1, -0.05) is 30.3 Å². The number of nitrogens with two attached hydrogens (primary N) is 1. The van der Waals surface area contributed by atoms with Gasteiger partial charge in [0, 0.05) is 24.0 Å². The van der Waals surface area contributed by atoms with Gasteiger partial charge >= 0.3 is 5.97 Å². The van der Waals surface area contributed by atoms with Crippen molar-refractivity contribution < 1.29 is 9.90 Å². The second kappa shape index (κ2) is 7.65. The highest BCUT2D eigenvalue weighted by Gasteiger charge is 2.08. The molecule has 0 atom stereocenters. The summed E-state index contributed by atoms with van der Waals surface area (Å²) in [7, 11) is 0. The zero-order valence-corrected chi connectivity index (χ0v) is 14.1. The molecule has 6 nitrogen and oxygen atoms in total. The maximum atomic E-state index is 11.8. The van der Waals surface area contributed by atoms with E-state index >= 15 is 0 Å². The molecule has 2 heterocycles. The molecule has 3 aromatic rings. The summed E-state index contributed by atoms with van der Waals surface area (Å²) >= 11 is 0. The molecule has 3 rings (SSSR count). The lowest BCUT2D eigenvalue weighted by Gasteiger charge is -2.08. The lowest BCUT2D eigenvalue weighted by atomic mass is 10.0. The summed E-state index contributed by atoms with van der Waals surface area (Å²) in [6, 6.07) is 14.8. The topological polar surface area (TPSA) is 98.2 Å². The Morgan fingerprint density at radius 3 is 2.50 bits per heavy atom. The molecule has 0 saturated carbocycles. The first-order valence-electron chi connectivity index (χ1n) is 8.19. The van der Waals surface area contributed by atoms with Crippen molar-refractivity contribution in [3.05, 3.63) is 93.5 Å². The van der Waals surface area contributed by atoms with E-state index < -0.39 is 5.97 Å². The number of hydrogen-bond acceptors (Lipinski definition) is 4. The van der Waals surface area contributed by atoms with Crippen molar-refractivity contribution in [2.45, 2.75) is 19.4 Å². The summed E-state index contributed by atoms with van der Waals surface area (Å²) in [5.74, 6) is -0.684. The maximum Gasteiger partial charge on any atom is 0.307 e. The molecule has 0 aliphatic rings. The smallest absolute Gasteiger partial charge is 0.307 e. The molecule has 3 N–H and O–H groups in total. The van der Waals surface area contributed by atoms with Crippen LogP contribution in [0.1, 0.15) is 22.3 Å². The first-order valence-corrected chi connectivity index (χ1v) is 8.19. The molecule has 0 aliphatic carbocycles. The third-order valence-electron chi connectivity index (χ3n) is 4.08. The van der Waals surface area contributed by atoms with Gasteiger partial charge in [-0.05, 0) is 35.2 Å². The molecule has 2 aromatic heterocycles. The largest absolute Gasteiger partial charge is 0.481 e. The van der Waals surface area contributed by atoms with Crippen molar-refractivity contribution in [1.29, 1.82) is 0 Å². The number of carboxylic acid groups (broad SMARTS) is 1. The molecule has 0 spiro atoms. The third-order valence-corrected chi connectivity index (χ3v) is 4.08. The Kier molecular flexibility index (Phi) is 5.12. The number of nitrogens with zero attached hydrogens (tertiary/aromatic N) is 2. The molecule has 0 aliphatic heterocycles.